The molecule has 2 N–H and O–H groups in total. The second-order valence-corrected chi connectivity index (χ2v) is 6.52. The molecule has 3 rings (SSSR count). The van der Waals surface area contributed by atoms with Gasteiger partial charge in [0, 0.05) is 29.1 Å². The summed E-state index contributed by atoms with van der Waals surface area (Å²) in [6.07, 6.45) is 4.64. The van der Waals surface area contributed by atoms with Gasteiger partial charge < -0.3 is 15.2 Å². The van der Waals surface area contributed by atoms with Crippen molar-refractivity contribution in [3.05, 3.63) is 27.7 Å². The summed E-state index contributed by atoms with van der Waals surface area (Å²) in [6, 6.07) is 4.20. The first-order chi connectivity index (χ1) is 9.63. The fourth-order valence-electron chi connectivity index (χ4n) is 3.20. The zero-order valence-corrected chi connectivity index (χ0v) is 12.8. The summed E-state index contributed by atoms with van der Waals surface area (Å²) in [5.74, 6) is 0.746. The number of aliphatic hydroxyl groups is 1. The van der Waals surface area contributed by atoms with Crippen LogP contribution in [0.5, 0.6) is 5.75 Å². The van der Waals surface area contributed by atoms with Gasteiger partial charge in [0.05, 0.1) is 17.7 Å². The number of ether oxygens (including phenoxy) is 1. The van der Waals surface area contributed by atoms with Gasteiger partial charge in [0.15, 0.2) is 0 Å². The van der Waals surface area contributed by atoms with Crippen LogP contribution in [0, 0.1) is 0 Å². The van der Waals surface area contributed by atoms with Crippen molar-refractivity contribution in [3.63, 3.8) is 0 Å². The highest BCUT2D eigenvalue weighted by Crippen LogP contribution is 2.40. The quantitative estimate of drug-likeness (QED) is 0.874. The lowest BCUT2D eigenvalue weighted by Gasteiger charge is -2.34. The maximum Gasteiger partial charge on any atom is 0.142 e. The molecular weight excluding hydrogens is 297 g/mol. The molecule has 1 saturated carbocycles. The summed E-state index contributed by atoms with van der Waals surface area (Å²) in [4.78, 5) is 0. The van der Waals surface area contributed by atoms with Crippen molar-refractivity contribution in [2.75, 3.05) is 6.61 Å². The molecule has 2 aliphatic rings. The van der Waals surface area contributed by atoms with E-state index in [0.29, 0.717) is 22.7 Å². The molecule has 0 amide bonds. The van der Waals surface area contributed by atoms with Crippen LogP contribution >= 0.6 is 23.2 Å². The van der Waals surface area contributed by atoms with E-state index in [-0.39, 0.29) is 12.1 Å². The highest BCUT2D eigenvalue weighted by molar-refractivity contribution is 6.35. The Balaban J connectivity index is 1.79. The van der Waals surface area contributed by atoms with Crippen molar-refractivity contribution >= 4 is 23.2 Å². The number of benzene rings is 1. The monoisotopic (exact) mass is 315 g/mol. The topological polar surface area (TPSA) is 41.5 Å². The van der Waals surface area contributed by atoms with Crippen molar-refractivity contribution in [3.8, 4) is 5.75 Å². The second-order valence-electron chi connectivity index (χ2n) is 5.68. The molecule has 1 aliphatic heterocycles. The van der Waals surface area contributed by atoms with Crippen molar-refractivity contribution in [2.24, 2.45) is 0 Å². The van der Waals surface area contributed by atoms with E-state index in [2.05, 4.69) is 5.32 Å². The highest BCUT2D eigenvalue weighted by Gasteiger charge is 2.28. The number of fused-ring (bicyclic) bond motifs is 1. The second kappa shape index (κ2) is 6.10. The molecule has 0 spiro atoms. The van der Waals surface area contributed by atoms with Gasteiger partial charge in [-0.05, 0) is 37.8 Å². The molecule has 1 heterocycles. The number of rotatable bonds is 2. The number of hydrogen-bond acceptors (Lipinski definition) is 3. The Kier molecular flexibility index (Phi) is 4.41. The molecule has 3 unspecified atom stereocenters. The number of nitrogens with one attached hydrogen (secondary N) is 1. The van der Waals surface area contributed by atoms with E-state index in [1.54, 1.807) is 6.07 Å². The molecule has 3 nitrogen and oxygen atoms in total. The lowest BCUT2D eigenvalue weighted by Crippen LogP contribution is -2.39. The van der Waals surface area contributed by atoms with Gasteiger partial charge in [0.25, 0.3) is 0 Å². The van der Waals surface area contributed by atoms with E-state index in [1.807, 2.05) is 6.07 Å². The SMILES string of the molecule is OC1CCCC(NC2CCOc3c(Cl)cc(Cl)cc32)C1. The predicted molar refractivity (Wildman–Crippen MR) is 80.7 cm³/mol. The van der Waals surface area contributed by atoms with E-state index < -0.39 is 0 Å². The molecule has 1 aliphatic carbocycles. The van der Waals surface area contributed by atoms with E-state index in [9.17, 15) is 5.11 Å². The molecule has 0 bridgehead atoms. The summed E-state index contributed by atoms with van der Waals surface area (Å²) >= 11 is 12.3. The molecule has 110 valence electrons. The Morgan fingerprint density at radius 3 is 2.85 bits per heavy atom. The molecule has 3 atom stereocenters. The number of hydrogen-bond donors (Lipinski definition) is 2. The predicted octanol–water partition coefficient (Wildman–Crippen LogP) is 3.71. The van der Waals surface area contributed by atoms with Gasteiger partial charge in [-0.25, -0.2) is 0 Å². The zero-order chi connectivity index (χ0) is 14.1. The van der Waals surface area contributed by atoms with Gasteiger partial charge in [-0.15, -0.1) is 0 Å². The lowest BCUT2D eigenvalue weighted by molar-refractivity contribution is 0.105. The van der Waals surface area contributed by atoms with Crippen LogP contribution in [0.2, 0.25) is 10.0 Å². The molecule has 0 saturated heterocycles. The van der Waals surface area contributed by atoms with Crippen LogP contribution in [-0.4, -0.2) is 23.9 Å². The Bertz CT molecular complexity index is 495. The smallest absolute Gasteiger partial charge is 0.142 e. The molecule has 5 heteroatoms. The summed E-state index contributed by atoms with van der Waals surface area (Å²) in [5, 5.41) is 14.6. The van der Waals surface area contributed by atoms with E-state index in [1.165, 1.54) is 0 Å². The van der Waals surface area contributed by atoms with Gasteiger partial charge in [0.2, 0.25) is 0 Å². The maximum absolute atomic E-state index is 9.79. The van der Waals surface area contributed by atoms with Crippen LogP contribution in [-0.2, 0) is 0 Å². The molecule has 1 aromatic rings. The summed E-state index contributed by atoms with van der Waals surface area (Å²) < 4.78 is 5.67. The maximum atomic E-state index is 9.79. The summed E-state index contributed by atoms with van der Waals surface area (Å²) in [5.41, 5.74) is 1.04. The third-order valence-corrected chi connectivity index (χ3v) is 4.65. The standard InChI is InChI=1S/C15H19Cl2NO2/c16-9-6-12-14(4-5-20-15(12)13(17)7-9)18-10-2-1-3-11(19)8-10/h6-7,10-11,14,18-19H,1-5,8H2. The minimum Gasteiger partial charge on any atom is -0.492 e. The number of aliphatic hydroxyl groups excluding tert-OH is 1. The van der Waals surface area contributed by atoms with Crippen molar-refractivity contribution in [1.29, 1.82) is 0 Å². The van der Waals surface area contributed by atoms with Crippen molar-refractivity contribution < 1.29 is 9.84 Å². The third kappa shape index (κ3) is 3.06. The number of halogens is 2. The summed E-state index contributed by atoms with van der Waals surface area (Å²) in [6.45, 7) is 0.654. The van der Waals surface area contributed by atoms with Crippen LogP contribution in [0.4, 0.5) is 0 Å². The van der Waals surface area contributed by atoms with Gasteiger partial charge >= 0.3 is 0 Å². The van der Waals surface area contributed by atoms with E-state index in [0.717, 1.165) is 43.4 Å². The van der Waals surface area contributed by atoms with Crippen molar-refractivity contribution in [1.82, 2.24) is 5.32 Å². The first-order valence-electron chi connectivity index (χ1n) is 7.19. The molecule has 1 fully saturated rings. The Morgan fingerprint density at radius 1 is 1.20 bits per heavy atom. The van der Waals surface area contributed by atoms with Crippen LogP contribution in [0.1, 0.15) is 43.7 Å². The minimum absolute atomic E-state index is 0.177. The van der Waals surface area contributed by atoms with E-state index in [4.69, 9.17) is 27.9 Å². The van der Waals surface area contributed by atoms with Crippen LogP contribution in [0.3, 0.4) is 0 Å². The van der Waals surface area contributed by atoms with Gasteiger partial charge in [0.1, 0.15) is 5.75 Å². The minimum atomic E-state index is -0.177. The Morgan fingerprint density at radius 2 is 2.05 bits per heavy atom. The van der Waals surface area contributed by atoms with Gasteiger partial charge in [-0.2, -0.15) is 0 Å². The highest BCUT2D eigenvalue weighted by atomic mass is 35.5. The fourth-order valence-corrected chi connectivity index (χ4v) is 3.76. The molecular formula is C15H19Cl2NO2. The van der Waals surface area contributed by atoms with Crippen LogP contribution in [0.25, 0.3) is 0 Å². The first-order valence-corrected chi connectivity index (χ1v) is 7.95. The molecule has 1 aromatic carbocycles. The fraction of sp³-hybridized carbons (Fsp3) is 0.600. The molecule has 20 heavy (non-hydrogen) atoms. The van der Waals surface area contributed by atoms with E-state index >= 15 is 0 Å². The lowest BCUT2D eigenvalue weighted by atomic mass is 9.91. The average Bonchev–Trinajstić information content (AvgIpc) is 2.40. The van der Waals surface area contributed by atoms with Crippen LogP contribution in [0.15, 0.2) is 12.1 Å². The first kappa shape index (κ1) is 14.5. The van der Waals surface area contributed by atoms with Gasteiger partial charge in [-0.3, -0.25) is 0 Å². The Hall–Kier alpha value is -0.480. The van der Waals surface area contributed by atoms with Crippen LogP contribution < -0.4 is 10.1 Å². The van der Waals surface area contributed by atoms with Crippen molar-refractivity contribution in [2.45, 2.75) is 50.3 Å². The molecule has 0 aromatic heterocycles. The third-order valence-electron chi connectivity index (χ3n) is 4.15. The average molecular weight is 316 g/mol. The molecule has 0 radical (unpaired) electrons. The largest absolute Gasteiger partial charge is 0.492 e. The zero-order valence-electron chi connectivity index (χ0n) is 11.2. The summed E-state index contributed by atoms with van der Waals surface area (Å²) in [7, 11) is 0. The van der Waals surface area contributed by atoms with Gasteiger partial charge in [-0.1, -0.05) is 23.2 Å². The Labute approximate surface area is 129 Å². The normalized spacial score (nSPS) is 29.6.